The molecule has 1 aliphatic heterocycles. The highest BCUT2D eigenvalue weighted by Crippen LogP contribution is 2.09. The number of amides is 1. The molecule has 1 amide bonds. The minimum absolute atomic E-state index is 0.109. The van der Waals surface area contributed by atoms with Gasteiger partial charge in [-0.15, -0.1) is 0 Å². The van der Waals surface area contributed by atoms with Crippen molar-refractivity contribution in [3.63, 3.8) is 0 Å². The van der Waals surface area contributed by atoms with Crippen molar-refractivity contribution in [1.29, 1.82) is 0 Å². The standard InChI is InChI=1S/C16H27N3O3/c1-13(20)10-18-6-8-19(9-7-18)12-16(21)17(3)11-15-5-4-14(2)22-15/h4-5,13,20H,6-12H2,1-3H3. The van der Waals surface area contributed by atoms with E-state index in [1.807, 2.05) is 26.1 Å². The first-order chi connectivity index (χ1) is 10.4. The van der Waals surface area contributed by atoms with Gasteiger partial charge in [-0.05, 0) is 26.0 Å². The van der Waals surface area contributed by atoms with Crippen LogP contribution in [0.2, 0.25) is 0 Å². The second-order valence-corrected chi connectivity index (χ2v) is 6.19. The van der Waals surface area contributed by atoms with E-state index >= 15 is 0 Å². The van der Waals surface area contributed by atoms with Crippen LogP contribution in [0.5, 0.6) is 0 Å². The van der Waals surface area contributed by atoms with Crippen LogP contribution in [-0.2, 0) is 11.3 Å². The number of piperazine rings is 1. The zero-order chi connectivity index (χ0) is 16.1. The number of nitrogens with zero attached hydrogens (tertiary/aromatic N) is 3. The van der Waals surface area contributed by atoms with Crippen molar-refractivity contribution in [3.05, 3.63) is 23.7 Å². The van der Waals surface area contributed by atoms with E-state index in [1.54, 1.807) is 11.8 Å². The van der Waals surface area contributed by atoms with Gasteiger partial charge >= 0.3 is 0 Å². The van der Waals surface area contributed by atoms with Crippen molar-refractivity contribution in [3.8, 4) is 0 Å². The summed E-state index contributed by atoms with van der Waals surface area (Å²) in [6.45, 7) is 8.91. The van der Waals surface area contributed by atoms with Gasteiger partial charge in [0.25, 0.3) is 0 Å². The van der Waals surface area contributed by atoms with Crippen LogP contribution >= 0.6 is 0 Å². The molecule has 1 aromatic heterocycles. The van der Waals surface area contributed by atoms with Crippen LogP contribution in [0.25, 0.3) is 0 Å². The van der Waals surface area contributed by atoms with Crippen LogP contribution in [0.15, 0.2) is 16.5 Å². The lowest BCUT2D eigenvalue weighted by Gasteiger charge is -2.35. The van der Waals surface area contributed by atoms with Crippen molar-refractivity contribution >= 4 is 5.91 Å². The number of hydrogen-bond acceptors (Lipinski definition) is 5. The molecule has 2 rings (SSSR count). The minimum atomic E-state index is -0.295. The third-order valence-corrected chi connectivity index (χ3v) is 3.96. The molecule has 2 heterocycles. The summed E-state index contributed by atoms with van der Waals surface area (Å²) in [5.41, 5.74) is 0. The molecule has 6 nitrogen and oxygen atoms in total. The zero-order valence-electron chi connectivity index (χ0n) is 13.8. The zero-order valence-corrected chi connectivity index (χ0v) is 13.8. The Balaban J connectivity index is 1.73. The molecule has 0 bridgehead atoms. The van der Waals surface area contributed by atoms with Gasteiger partial charge in [-0.1, -0.05) is 0 Å². The molecule has 0 aliphatic carbocycles. The molecule has 0 radical (unpaired) electrons. The van der Waals surface area contributed by atoms with Gasteiger partial charge in [-0.25, -0.2) is 0 Å². The number of aliphatic hydroxyl groups excluding tert-OH is 1. The van der Waals surface area contributed by atoms with Crippen LogP contribution in [0.4, 0.5) is 0 Å². The predicted molar refractivity (Wildman–Crippen MR) is 84.5 cm³/mol. The molecular weight excluding hydrogens is 282 g/mol. The van der Waals surface area contributed by atoms with Crippen molar-refractivity contribution in [2.24, 2.45) is 0 Å². The highest BCUT2D eigenvalue weighted by atomic mass is 16.3. The Morgan fingerprint density at radius 3 is 2.50 bits per heavy atom. The van der Waals surface area contributed by atoms with Gasteiger partial charge in [0.1, 0.15) is 11.5 Å². The Labute approximate surface area is 132 Å². The van der Waals surface area contributed by atoms with Crippen LogP contribution in [0.3, 0.4) is 0 Å². The molecule has 0 aromatic carbocycles. The van der Waals surface area contributed by atoms with Crippen molar-refractivity contribution < 1.29 is 14.3 Å². The normalized spacial score (nSPS) is 18.4. The van der Waals surface area contributed by atoms with Crippen LogP contribution in [0.1, 0.15) is 18.4 Å². The summed E-state index contributed by atoms with van der Waals surface area (Å²) in [5, 5.41) is 9.41. The molecule has 1 fully saturated rings. The van der Waals surface area contributed by atoms with E-state index in [-0.39, 0.29) is 12.0 Å². The number of furan rings is 1. The second kappa shape index (κ2) is 7.76. The average molecular weight is 309 g/mol. The Kier molecular flexibility index (Phi) is 5.99. The van der Waals surface area contributed by atoms with E-state index in [9.17, 15) is 9.90 Å². The fraction of sp³-hybridized carbons (Fsp3) is 0.688. The van der Waals surface area contributed by atoms with E-state index in [2.05, 4.69) is 9.80 Å². The predicted octanol–water partition coefficient (Wildman–Crippen LogP) is 0.545. The van der Waals surface area contributed by atoms with Gasteiger partial charge in [-0.2, -0.15) is 0 Å². The number of hydrogen-bond donors (Lipinski definition) is 1. The van der Waals surface area contributed by atoms with Gasteiger partial charge in [-0.3, -0.25) is 14.6 Å². The number of likely N-dealkylation sites (N-methyl/N-ethyl adjacent to an activating group) is 1. The van der Waals surface area contributed by atoms with Crippen molar-refractivity contribution in [2.45, 2.75) is 26.5 Å². The summed E-state index contributed by atoms with van der Waals surface area (Å²) >= 11 is 0. The van der Waals surface area contributed by atoms with Gasteiger partial charge < -0.3 is 14.4 Å². The maximum Gasteiger partial charge on any atom is 0.236 e. The van der Waals surface area contributed by atoms with Crippen molar-refractivity contribution in [2.75, 3.05) is 46.3 Å². The van der Waals surface area contributed by atoms with Crippen LogP contribution < -0.4 is 0 Å². The monoisotopic (exact) mass is 309 g/mol. The molecule has 124 valence electrons. The Morgan fingerprint density at radius 1 is 1.32 bits per heavy atom. The van der Waals surface area contributed by atoms with Crippen LogP contribution in [-0.4, -0.2) is 78.1 Å². The molecule has 1 aromatic rings. The molecule has 1 atom stereocenters. The van der Waals surface area contributed by atoms with Crippen LogP contribution in [0, 0.1) is 6.92 Å². The second-order valence-electron chi connectivity index (χ2n) is 6.19. The average Bonchev–Trinajstić information content (AvgIpc) is 2.85. The fourth-order valence-electron chi connectivity index (χ4n) is 2.71. The Bertz CT molecular complexity index is 479. The number of aliphatic hydroxyl groups is 1. The third kappa shape index (κ3) is 5.12. The first-order valence-corrected chi connectivity index (χ1v) is 7.86. The van der Waals surface area contributed by atoms with Gasteiger partial charge in [0.05, 0.1) is 19.2 Å². The number of aryl methyl sites for hydroxylation is 1. The van der Waals surface area contributed by atoms with Gasteiger partial charge in [0.15, 0.2) is 0 Å². The summed E-state index contributed by atoms with van der Waals surface area (Å²) in [4.78, 5) is 18.4. The van der Waals surface area contributed by atoms with Gasteiger partial charge in [0.2, 0.25) is 5.91 Å². The molecule has 0 spiro atoms. The SMILES string of the molecule is Cc1ccc(CN(C)C(=O)CN2CCN(CC(C)O)CC2)o1. The summed E-state index contributed by atoms with van der Waals surface area (Å²) in [7, 11) is 1.81. The lowest BCUT2D eigenvalue weighted by atomic mass is 10.2. The maximum absolute atomic E-state index is 12.3. The third-order valence-electron chi connectivity index (χ3n) is 3.96. The number of rotatable bonds is 6. The summed E-state index contributed by atoms with van der Waals surface area (Å²) in [6, 6.07) is 3.82. The lowest BCUT2D eigenvalue weighted by Crippen LogP contribution is -2.50. The first-order valence-electron chi connectivity index (χ1n) is 7.86. The molecule has 0 saturated carbocycles. The highest BCUT2D eigenvalue weighted by molar-refractivity contribution is 5.77. The van der Waals surface area contributed by atoms with E-state index < -0.39 is 0 Å². The maximum atomic E-state index is 12.3. The topological polar surface area (TPSA) is 60.2 Å². The largest absolute Gasteiger partial charge is 0.464 e. The molecule has 1 unspecified atom stereocenters. The summed E-state index contributed by atoms with van der Waals surface area (Å²) in [5.74, 6) is 1.79. The smallest absolute Gasteiger partial charge is 0.236 e. The van der Waals surface area contributed by atoms with E-state index in [0.29, 0.717) is 19.6 Å². The molecule has 22 heavy (non-hydrogen) atoms. The van der Waals surface area contributed by atoms with E-state index in [4.69, 9.17) is 4.42 Å². The number of carbonyl (C=O) groups is 1. The summed E-state index contributed by atoms with van der Waals surface area (Å²) < 4.78 is 5.51. The van der Waals surface area contributed by atoms with Crippen molar-refractivity contribution in [1.82, 2.24) is 14.7 Å². The molecule has 1 aliphatic rings. The Hall–Kier alpha value is -1.37. The molecule has 6 heteroatoms. The van der Waals surface area contributed by atoms with E-state index in [1.165, 1.54) is 0 Å². The molecule has 1 saturated heterocycles. The quantitative estimate of drug-likeness (QED) is 0.831. The highest BCUT2D eigenvalue weighted by Gasteiger charge is 2.21. The first kappa shape index (κ1) is 17.0. The van der Waals surface area contributed by atoms with Gasteiger partial charge in [0, 0.05) is 39.8 Å². The van der Waals surface area contributed by atoms with E-state index in [0.717, 1.165) is 37.7 Å². The minimum Gasteiger partial charge on any atom is -0.464 e. The fourth-order valence-corrected chi connectivity index (χ4v) is 2.71. The molecule has 1 N–H and O–H groups in total. The number of β-amino-alcohol motifs (C(OH)–C–C–N with tert-alkyl or cyclic N) is 1. The lowest BCUT2D eigenvalue weighted by molar-refractivity contribution is -0.132. The summed E-state index contributed by atoms with van der Waals surface area (Å²) in [6.07, 6.45) is -0.295. The molecular formula is C16H27N3O3. The Morgan fingerprint density at radius 2 is 1.95 bits per heavy atom. The number of carbonyl (C=O) groups excluding carboxylic acids is 1.